The molecule has 0 bridgehead atoms. The normalized spacial score (nSPS) is 17.6. The lowest BCUT2D eigenvalue weighted by atomic mass is 10.2. The van der Waals surface area contributed by atoms with E-state index < -0.39 is 0 Å². The van der Waals surface area contributed by atoms with Crippen LogP contribution in [0.3, 0.4) is 0 Å². The molecule has 1 atom stereocenters. The minimum absolute atomic E-state index is 0. The summed E-state index contributed by atoms with van der Waals surface area (Å²) in [4.78, 5) is 13.5. The van der Waals surface area contributed by atoms with Crippen LogP contribution in [-0.4, -0.2) is 67.2 Å². The third-order valence-corrected chi connectivity index (χ3v) is 5.08. The van der Waals surface area contributed by atoms with Crippen molar-refractivity contribution in [2.24, 2.45) is 4.99 Å². The third kappa shape index (κ3) is 7.27. The lowest BCUT2D eigenvalue weighted by Crippen LogP contribution is -2.48. The molecule has 2 N–H and O–H groups in total. The smallest absolute Gasteiger partial charge is 0.191 e. The summed E-state index contributed by atoms with van der Waals surface area (Å²) in [5.74, 6) is 1.72. The third-order valence-electron chi connectivity index (χ3n) is 4.78. The predicted octanol–water partition coefficient (Wildman–Crippen LogP) is 3.22. The molecule has 1 fully saturated rings. The Morgan fingerprint density at radius 1 is 1.37 bits per heavy atom. The summed E-state index contributed by atoms with van der Waals surface area (Å²) in [6, 6.07) is 5.17. The van der Waals surface area contributed by atoms with Crippen molar-refractivity contribution in [3.63, 3.8) is 0 Å². The molecule has 8 heteroatoms. The standard InChI is InChI=1S/C19H33ClN6.HI/c1-14(2)26(15(3)4)12-10-23-19(21-5)24-16-8-11-25(13-16)18-17(20)7-6-9-22-18;/h6-7,9,14-16H,8,10-13H2,1-5H3,(H2,21,23,24);1H. The maximum absolute atomic E-state index is 6.27. The van der Waals surface area contributed by atoms with Crippen LogP contribution in [0.25, 0.3) is 0 Å². The fourth-order valence-corrected chi connectivity index (χ4v) is 3.73. The highest BCUT2D eigenvalue weighted by molar-refractivity contribution is 14.0. The second-order valence-electron chi connectivity index (χ2n) is 7.31. The Balaban J connectivity index is 0.00000364. The molecular formula is C19H34ClIN6. The van der Waals surface area contributed by atoms with Crippen molar-refractivity contribution in [1.29, 1.82) is 0 Å². The van der Waals surface area contributed by atoms with Gasteiger partial charge in [0.2, 0.25) is 0 Å². The Bertz CT molecular complexity index is 587. The van der Waals surface area contributed by atoms with Crippen LogP contribution < -0.4 is 15.5 Å². The van der Waals surface area contributed by atoms with Crippen molar-refractivity contribution in [3.8, 4) is 0 Å². The molecule has 1 aromatic rings. The number of anilines is 1. The van der Waals surface area contributed by atoms with Crippen LogP contribution in [0.2, 0.25) is 5.02 Å². The van der Waals surface area contributed by atoms with E-state index in [1.54, 1.807) is 6.20 Å². The minimum Gasteiger partial charge on any atom is -0.355 e. The Hall–Kier alpha value is -0.800. The van der Waals surface area contributed by atoms with Gasteiger partial charge in [0.15, 0.2) is 5.96 Å². The maximum Gasteiger partial charge on any atom is 0.191 e. The lowest BCUT2D eigenvalue weighted by molar-refractivity contribution is 0.178. The molecule has 154 valence electrons. The summed E-state index contributed by atoms with van der Waals surface area (Å²) in [7, 11) is 1.82. The molecule has 1 aliphatic rings. The van der Waals surface area contributed by atoms with Gasteiger partial charge in [-0.05, 0) is 46.2 Å². The summed E-state index contributed by atoms with van der Waals surface area (Å²) in [6.45, 7) is 12.6. The molecule has 0 spiro atoms. The zero-order chi connectivity index (χ0) is 19.1. The number of halogens is 2. The number of hydrogen-bond donors (Lipinski definition) is 2. The average Bonchev–Trinajstić information content (AvgIpc) is 3.05. The van der Waals surface area contributed by atoms with Crippen molar-refractivity contribution in [1.82, 2.24) is 20.5 Å². The van der Waals surface area contributed by atoms with E-state index in [1.165, 1.54) is 0 Å². The number of rotatable bonds is 7. The molecule has 0 aliphatic carbocycles. The summed E-state index contributed by atoms with van der Waals surface area (Å²) in [6.07, 6.45) is 2.83. The van der Waals surface area contributed by atoms with Crippen molar-refractivity contribution in [2.75, 3.05) is 38.1 Å². The van der Waals surface area contributed by atoms with Gasteiger partial charge < -0.3 is 15.5 Å². The van der Waals surface area contributed by atoms with Gasteiger partial charge in [0, 0.05) is 57.5 Å². The monoisotopic (exact) mass is 508 g/mol. The first-order valence-electron chi connectivity index (χ1n) is 9.50. The number of hydrogen-bond acceptors (Lipinski definition) is 4. The Morgan fingerprint density at radius 3 is 2.67 bits per heavy atom. The number of pyridine rings is 1. The van der Waals surface area contributed by atoms with Crippen molar-refractivity contribution in [3.05, 3.63) is 23.4 Å². The fraction of sp³-hybridized carbons (Fsp3) is 0.684. The van der Waals surface area contributed by atoms with Gasteiger partial charge in [-0.1, -0.05) is 11.6 Å². The largest absolute Gasteiger partial charge is 0.355 e. The van der Waals surface area contributed by atoms with E-state index in [0.717, 1.165) is 44.4 Å². The van der Waals surface area contributed by atoms with Gasteiger partial charge in [-0.25, -0.2) is 4.98 Å². The molecule has 2 rings (SSSR count). The molecule has 27 heavy (non-hydrogen) atoms. The first-order chi connectivity index (χ1) is 12.4. The number of guanidine groups is 1. The first-order valence-corrected chi connectivity index (χ1v) is 9.88. The molecule has 2 heterocycles. The number of aliphatic imine (C=N–C) groups is 1. The molecule has 6 nitrogen and oxygen atoms in total. The SMILES string of the molecule is CN=C(NCCN(C(C)C)C(C)C)NC1CCN(c2ncccc2Cl)C1.I. The fourth-order valence-electron chi connectivity index (χ4n) is 3.48. The van der Waals surface area contributed by atoms with Crippen molar-refractivity contribution in [2.45, 2.75) is 52.2 Å². The highest BCUT2D eigenvalue weighted by Gasteiger charge is 2.25. The van der Waals surface area contributed by atoms with E-state index in [9.17, 15) is 0 Å². The molecule has 0 aromatic carbocycles. The highest BCUT2D eigenvalue weighted by atomic mass is 127. The summed E-state index contributed by atoms with van der Waals surface area (Å²) in [5.41, 5.74) is 0. The maximum atomic E-state index is 6.27. The summed E-state index contributed by atoms with van der Waals surface area (Å²) >= 11 is 6.27. The first kappa shape index (κ1) is 24.2. The summed E-state index contributed by atoms with van der Waals surface area (Å²) in [5, 5.41) is 7.67. The van der Waals surface area contributed by atoms with Crippen LogP contribution in [0, 0.1) is 0 Å². The minimum atomic E-state index is 0. The molecule has 1 aliphatic heterocycles. The van der Waals surface area contributed by atoms with Crippen LogP contribution in [0.15, 0.2) is 23.3 Å². The van der Waals surface area contributed by atoms with Gasteiger partial charge in [-0.15, -0.1) is 24.0 Å². The average molecular weight is 509 g/mol. The Morgan fingerprint density at radius 2 is 2.07 bits per heavy atom. The second kappa shape index (κ2) is 11.9. The van der Waals surface area contributed by atoms with E-state index in [-0.39, 0.29) is 24.0 Å². The predicted molar refractivity (Wildman–Crippen MR) is 127 cm³/mol. The van der Waals surface area contributed by atoms with E-state index in [1.807, 2.05) is 19.2 Å². The van der Waals surface area contributed by atoms with Crippen LogP contribution in [0.4, 0.5) is 5.82 Å². The van der Waals surface area contributed by atoms with Gasteiger partial charge in [0.05, 0.1) is 5.02 Å². The van der Waals surface area contributed by atoms with Crippen LogP contribution in [0.1, 0.15) is 34.1 Å². The molecule has 0 amide bonds. The Kier molecular flexibility index (Phi) is 10.7. The molecule has 1 unspecified atom stereocenters. The number of aromatic nitrogens is 1. The van der Waals surface area contributed by atoms with Crippen LogP contribution in [-0.2, 0) is 0 Å². The number of nitrogens with zero attached hydrogens (tertiary/aromatic N) is 4. The van der Waals surface area contributed by atoms with Crippen molar-refractivity contribution < 1.29 is 0 Å². The second-order valence-corrected chi connectivity index (χ2v) is 7.72. The van der Waals surface area contributed by atoms with Crippen LogP contribution >= 0.6 is 35.6 Å². The molecule has 1 aromatic heterocycles. The lowest BCUT2D eigenvalue weighted by Gasteiger charge is -2.30. The van der Waals surface area contributed by atoms with Gasteiger partial charge >= 0.3 is 0 Å². The highest BCUT2D eigenvalue weighted by Crippen LogP contribution is 2.25. The van der Waals surface area contributed by atoms with E-state index >= 15 is 0 Å². The zero-order valence-corrected chi connectivity index (χ0v) is 20.2. The van der Waals surface area contributed by atoms with E-state index in [0.29, 0.717) is 23.1 Å². The number of nitrogens with one attached hydrogen (secondary N) is 2. The topological polar surface area (TPSA) is 55.8 Å². The van der Waals surface area contributed by atoms with E-state index in [2.05, 4.69) is 58.1 Å². The van der Waals surface area contributed by atoms with Gasteiger partial charge in [0.25, 0.3) is 0 Å². The Labute approximate surface area is 186 Å². The van der Waals surface area contributed by atoms with Crippen LogP contribution in [0.5, 0.6) is 0 Å². The molecule has 0 radical (unpaired) electrons. The zero-order valence-electron chi connectivity index (χ0n) is 17.1. The van der Waals surface area contributed by atoms with Gasteiger partial charge in [-0.3, -0.25) is 9.89 Å². The quantitative estimate of drug-likeness (QED) is 0.337. The van der Waals surface area contributed by atoms with Gasteiger partial charge in [0.1, 0.15) is 5.82 Å². The molecular weight excluding hydrogens is 475 g/mol. The summed E-state index contributed by atoms with van der Waals surface area (Å²) < 4.78 is 0. The van der Waals surface area contributed by atoms with Gasteiger partial charge in [-0.2, -0.15) is 0 Å². The van der Waals surface area contributed by atoms with E-state index in [4.69, 9.17) is 11.6 Å². The molecule has 0 saturated carbocycles. The van der Waals surface area contributed by atoms with Crippen molar-refractivity contribution >= 4 is 47.4 Å². The molecule has 1 saturated heterocycles.